The summed E-state index contributed by atoms with van der Waals surface area (Å²) in [6, 6.07) is 48.8. The van der Waals surface area contributed by atoms with Crippen molar-refractivity contribution in [1.82, 2.24) is 40.9 Å². The third-order valence-electron chi connectivity index (χ3n) is 24.4. The van der Waals surface area contributed by atoms with Gasteiger partial charge in [-0.25, -0.2) is 0 Å². The van der Waals surface area contributed by atoms with Crippen LogP contribution in [0.3, 0.4) is 0 Å². The summed E-state index contributed by atoms with van der Waals surface area (Å²) in [5.74, 6) is -7.10. The summed E-state index contributed by atoms with van der Waals surface area (Å²) < 4.78 is 12.1. The molecule has 5 fully saturated rings. The highest BCUT2D eigenvalue weighted by Gasteiger charge is 2.44. The highest BCUT2D eigenvalue weighted by molar-refractivity contribution is 6.25. The molecule has 20 nitrogen and oxygen atoms in total. The molecule has 108 heavy (non-hydrogen) atoms. The molecule has 20 heteroatoms. The number of carbonyl (C=O) groups excluding carboxylic acids is 10. The first-order valence-corrected chi connectivity index (χ1v) is 38.3. The van der Waals surface area contributed by atoms with Gasteiger partial charge >= 0.3 is 11.9 Å². The average molecular weight is 1450 g/mol. The number of hydrogen-bond acceptors (Lipinski definition) is 12. The highest BCUT2D eigenvalue weighted by atomic mass is 16.5. The third-order valence-corrected chi connectivity index (χ3v) is 24.4. The Kier molecular flexibility index (Phi) is 20.9. The number of nitrogens with zero attached hydrogens (tertiary/aromatic N) is 4. The fourth-order valence-corrected chi connectivity index (χ4v) is 18.2. The van der Waals surface area contributed by atoms with Crippen LogP contribution in [-0.4, -0.2) is 169 Å². The minimum absolute atomic E-state index is 0.106. The molecule has 15 rings (SSSR count). The molecule has 556 valence electrons. The maximum Gasteiger partial charge on any atom is 0.310 e. The van der Waals surface area contributed by atoms with Crippen molar-refractivity contribution in [3.8, 4) is 0 Å². The monoisotopic (exact) mass is 1450 g/mol. The maximum absolute atomic E-state index is 15.1. The molecule has 4 N–H and O–H groups in total. The minimum atomic E-state index is -1.33. The quantitative estimate of drug-likeness (QED) is 0.0659. The number of nitrogens with one attached hydrogen (secondary N) is 4. The van der Waals surface area contributed by atoms with Gasteiger partial charge in [0.1, 0.15) is 37.4 Å². The molecule has 1 heterocycles. The SMILES string of the molecule is CN1C(=O)[C@H](Cc2ccccc2)NC(=O)[C@@H]2CC[C@@H](C2)N(C)C(=O)[C@@H](COC(=O)Cc2ccc3ccc4cccc5ccc2c3c45)NC(=O)[C@@H]2CC[C@@H](C2)N(C)C(=O)[C@H](Cc2ccccc2)NC(=O)[C@H]2CC[C@@H](C2)N(C)C(=O)[C@@H](COC(=O)Cc2ccc3ccc4cccc5ccc2c3c45)NC(=O)[C@@H]2CC[C@H]1C2. The van der Waals surface area contributed by atoms with E-state index in [1.54, 1.807) is 38.0 Å². The molecule has 0 aromatic heterocycles. The van der Waals surface area contributed by atoms with Crippen LogP contribution in [0.25, 0.3) is 64.6 Å². The van der Waals surface area contributed by atoms with E-state index < -0.39 is 121 Å². The lowest BCUT2D eigenvalue weighted by atomic mass is 9.91. The minimum Gasteiger partial charge on any atom is -0.463 e. The van der Waals surface area contributed by atoms with E-state index in [1.807, 2.05) is 121 Å². The van der Waals surface area contributed by atoms with Crippen LogP contribution in [0, 0.1) is 23.7 Å². The number of likely N-dealkylation sites (N-methyl/N-ethyl adjacent to an activating group) is 4. The second kappa shape index (κ2) is 31.1. The molecule has 5 aliphatic rings. The normalized spacial score (nSPS) is 25.4. The second-order valence-electron chi connectivity index (χ2n) is 31.0. The van der Waals surface area contributed by atoms with E-state index in [0.29, 0.717) is 51.4 Å². The number of amides is 8. The molecular formula is C88H92N8O12. The largest absolute Gasteiger partial charge is 0.463 e. The first-order valence-electron chi connectivity index (χ1n) is 38.3. The number of esters is 2. The lowest BCUT2D eigenvalue weighted by Gasteiger charge is -2.31. The summed E-state index contributed by atoms with van der Waals surface area (Å²) in [6.45, 7) is -0.959. The van der Waals surface area contributed by atoms with Crippen LogP contribution >= 0.6 is 0 Å². The predicted molar refractivity (Wildman–Crippen MR) is 413 cm³/mol. The van der Waals surface area contributed by atoms with Crippen molar-refractivity contribution in [2.24, 2.45) is 23.7 Å². The first-order chi connectivity index (χ1) is 52.3. The first kappa shape index (κ1) is 72.5. The Labute approximate surface area is 627 Å². The van der Waals surface area contributed by atoms with Crippen molar-refractivity contribution < 1.29 is 57.4 Å². The number of rotatable bonds is 12. The Morgan fingerprint density at radius 1 is 0.324 bits per heavy atom. The van der Waals surface area contributed by atoms with Crippen molar-refractivity contribution in [2.45, 2.75) is 151 Å². The molecular weight excluding hydrogens is 1360 g/mol. The standard InChI is InChI=1S/C88H92N8O12/c1-93-65-35-31-63(45-65)83(101)91-73(49-107-75(97)47-59-27-25-57-23-21-53-17-11-19-55-33-39-69(59)79(57)77(53)55)87(105)96(4)68-38-30-62(44-68)82(100)90-72(42-52-15-9-6-10-16-52)86(104)94(2)66-36-32-64(46-66)84(102)92-74(50-108-76(98)48-60-28-26-58-24-22-54-18-12-20-56-34-40-70(60)80(58)78(54)56)88(106)95(3)67-37-29-61(43-67)81(99)89-71(85(93)103)41-51-13-7-5-8-14-51/h5-28,33-34,39-40,61-68,71-74H,29-32,35-38,41-50H2,1-4H3,(H,89,99)(H,90,100)(H,91,101)(H,92,102)/t61-,62+,63-,64-,65+,66+,67+,68+,71+,72+,73-,74-/m1/s1. The molecule has 0 spiro atoms. The van der Waals surface area contributed by atoms with Gasteiger partial charge in [-0.1, -0.05) is 170 Å². The molecule has 1 aliphatic heterocycles. The Morgan fingerprint density at radius 2 is 0.602 bits per heavy atom. The van der Waals surface area contributed by atoms with Crippen LogP contribution in [0.4, 0.5) is 0 Å². The van der Waals surface area contributed by atoms with Crippen LogP contribution in [-0.2, 0) is 83.1 Å². The van der Waals surface area contributed by atoms with Gasteiger partial charge in [-0.15, -0.1) is 0 Å². The van der Waals surface area contributed by atoms with Gasteiger partial charge in [0.15, 0.2) is 0 Å². The second-order valence-corrected chi connectivity index (χ2v) is 31.0. The topological polar surface area (TPSA) is 250 Å². The molecule has 0 unspecified atom stereocenters. The molecule has 8 amide bonds. The van der Waals surface area contributed by atoms with Crippen LogP contribution in [0.5, 0.6) is 0 Å². The van der Waals surface area contributed by atoms with E-state index in [1.165, 1.54) is 9.80 Å². The Bertz CT molecular complexity index is 4760. The zero-order valence-corrected chi connectivity index (χ0v) is 61.5. The Balaban J connectivity index is 0.687. The van der Waals surface area contributed by atoms with Gasteiger partial charge in [-0.2, -0.15) is 0 Å². The number of hydrogen-bond donors (Lipinski definition) is 4. The maximum atomic E-state index is 15.1. The van der Waals surface area contributed by atoms with E-state index in [2.05, 4.69) is 69.8 Å². The van der Waals surface area contributed by atoms with Gasteiger partial charge < -0.3 is 50.3 Å². The molecule has 10 aromatic rings. The smallest absolute Gasteiger partial charge is 0.310 e. The lowest BCUT2D eigenvalue weighted by Crippen LogP contribution is -2.54. The predicted octanol–water partition coefficient (Wildman–Crippen LogP) is 10.3. The van der Waals surface area contributed by atoms with E-state index in [4.69, 9.17) is 9.47 Å². The number of benzene rings is 10. The molecule has 8 bridgehead atoms. The van der Waals surface area contributed by atoms with Crippen molar-refractivity contribution in [3.05, 3.63) is 192 Å². The lowest BCUT2D eigenvalue weighted by molar-refractivity contribution is -0.149. The zero-order chi connectivity index (χ0) is 75.0. The summed E-state index contributed by atoms with van der Waals surface area (Å²) in [6.07, 6.45) is 4.28. The summed E-state index contributed by atoms with van der Waals surface area (Å²) >= 11 is 0. The molecule has 4 aliphatic carbocycles. The van der Waals surface area contributed by atoms with Crippen molar-refractivity contribution in [3.63, 3.8) is 0 Å². The van der Waals surface area contributed by atoms with Crippen LogP contribution in [0.2, 0.25) is 0 Å². The van der Waals surface area contributed by atoms with E-state index >= 15 is 19.2 Å². The Hall–Kier alpha value is -11.0. The van der Waals surface area contributed by atoms with Gasteiger partial charge in [0, 0.05) is 88.9 Å². The van der Waals surface area contributed by atoms with Gasteiger partial charge in [0.2, 0.25) is 47.3 Å². The van der Waals surface area contributed by atoms with Crippen LogP contribution in [0.1, 0.15) is 99.3 Å². The highest BCUT2D eigenvalue weighted by Crippen LogP contribution is 2.40. The molecule has 4 saturated carbocycles. The van der Waals surface area contributed by atoms with Crippen molar-refractivity contribution >= 4 is 124 Å². The number of carbonyl (C=O) groups is 10. The summed E-state index contributed by atoms with van der Waals surface area (Å²) in [7, 11) is 6.61. The molecule has 10 aromatic carbocycles. The van der Waals surface area contributed by atoms with Gasteiger partial charge in [-0.3, -0.25) is 47.9 Å². The van der Waals surface area contributed by atoms with Gasteiger partial charge in [0.25, 0.3) is 0 Å². The molecule has 0 radical (unpaired) electrons. The van der Waals surface area contributed by atoms with E-state index in [-0.39, 0.29) is 75.0 Å². The van der Waals surface area contributed by atoms with Crippen LogP contribution in [0.15, 0.2) is 170 Å². The van der Waals surface area contributed by atoms with E-state index in [9.17, 15) is 28.8 Å². The number of fused-ring (bicyclic) bond motifs is 8. The van der Waals surface area contributed by atoms with Crippen molar-refractivity contribution in [2.75, 3.05) is 41.4 Å². The zero-order valence-electron chi connectivity index (χ0n) is 61.5. The fraction of sp³-hybridized carbons (Fsp3) is 0.386. The number of ether oxygens (including phenoxy) is 2. The Morgan fingerprint density at radius 3 is 0.926 bits per heavy atom. The summed E-state index contributed by atoms with van der Waals surface area (Å²) in [5, 5.41) is 24.7. The average Bonchev–Trinajstić information content (AvgIpc) is 0.872. The summed E-state index contributed by atoms with van der Waals surface area (Å²) in [4.78, 5) is 154. The molecule has 1 saturated heterocycles. The summed E-state index contributed by atoms with van der Waals surface area (Å²) in [5.41, 5.74) is 3.11. The van der Waals surface area contributed by atoms with Crippen LogP contribution < -0.4 is 21.3 Å². The third kappa shape index (κ3) is 14.9. The van der Waals surface area contributed by atoms with Gasteiger partial charge in [0.05, 0.1) is 12.8 Å². The van der Waals surface area contributed by atoms with E-state index in [0.717, 1.165) is 86.9 Å². The van der Waals surface area contributed by atoms with Gasteiger partial charge in [-0.05, 0) is 164 Å². The van der Waals surface area contributed by atoms with Crippen molar-refractivity contribution in [1.29, 1.82) is 0 Å². The fourth-order valence-electron chi connectivity index (χ4n) is 18.2. The molecule has 12 atom stereocenters.